The van der Waals surface area contributed by atoms with Gasteiger partial charge in [-0.05, 0) is 12.1 Å². The summed E-state index contributed by atoms with van der Waals surface area (Å²) in [7, 11) is 2.81. The molecular formula is C13H16FNO3S. The van der Waals surface area contributed by atoms with Gasteiger partial charge in [-0.1, -0.05) is 12.1 Å². The maximum absolute atomic E-state index is 13.3. The summed E-state index contributed by atoms with van der Waals surface area (Å²) in [6, 6.07) is 6.42. The second kappa shape index (κ2) is 7.78. The van der Waals surface area contributed by atoms with E-state index in [-0.39, 0.29) is 24.7 Å². The molecule has 0 aliphatic carbocycles. The van der Waals surface area contributed by atoms with E-state index in [9.17, 15) is 14.0 Å². The highest BCUT2D eigenvalue weighted by Crippen LogP contribution is 2.21. The summed E-state index contributed by atoms with van der Waals surface area (Å²) in [5, 5.41) is 0. The molecule has 0 unspecified atom stereocenters. The third-order valence-corrected chi connectivity index (χ3v) is 3.48. The maximum Gasteiger partial charge on any atom is 0.325 e. The molecule has 1 aromatic carbocycles. The molecule has 0 spiro atoms. The van der Waals surface area contributed by atoms with Crippen molar-refractivity contribution in [1.29, 1.82) is 0 Å². The van der Waals surface area contributed by atoms with Crippen molar-refractivity contribution in [2.24, 2.45) is 0 Å². The highest BCUT2D eigenvalue weighted by molar-refractivity contribution is 7.99. The number of rotatable bonds is 6. The number of hydrogen-bond donors (Lipinski definition) is 0. The van der Waals surface area contributed by atoms with Gasteiger partial charge in [0.15, 0.2) is 0 Å². The number of ether oxygens (including phenoxy) is 1. The van der Waals surface area contributed by atoms with Crippen molar-refractivity contribution < 1.29 is 18.7 Å². The van der Waals surface area contributed by atoms with E-state index in [1.165, 1.54) is 36.9 Å². The van der Waals surface area contributed by atoms with Crippen molar-refractivity contribution in [3.8, 4) is 0 Å². The molecular weight excluding hydrogens is 269 g/mol. The lowest BCUT2D eigenvalue weighted by Gasteiger charge is -2.15. The molecule has 1 rings (SSSR count). The number of nitrogens with zero attached hydrogens (tertiary/aromatic N) is 1. The minimum Gasteiger partial charge on any atom is -0.468 e. The predicted octanol–water partition coefficient (Wildman–Crippen LogP) is 1.94. The Balaban J connectivity index is 2.35. The molecule has 0 aliphatic heterocycles. The van der Waals surface area contributed by atoms with Gasteiger partial charge < -0.3 is 9.64 Å². The van der Waals surface area contributed by atoms with Crippen LogP contribution in [-0.2, 0) is 14.3 Å². The summed E-state index contributed by atoms with van der Waals surface area (Å²) in [5.41, 5.74) is 0. The van der Waals surface area contributed by atoms with Gasteiger partial charge in [-0.3, -0.25) is 9.59 Å². The van der Waals surface area contributed by atoms with Crippen LogP contribution >= 0.6 is 11.8 Å². The lowest BCUT2D eigenvalue weighted by Crippen LogP contribution is -2.32. The monoisotopic (exact) mass is 285 g/mol. The van der Waals surface area contributed by atoms with Crippen LogP contribution < -0.4 is 0 Å². The molecule has 0 fully saturated rings. The van der Waals surface area contributed by atoms with Crippen LogP contribution in [0.25, 0.3) is 0 Å². The molecule has 0 N–H and O–H groups in total. The number of halogens is 1. The molecule has 0 heterocycles. The number of methoxy groups -OCH3 is 1. The molecule has 0 aromatic heterocycles. The fourth-order valence-corrected chi connectivity index (χ4v) is 2.22. The summed E-state index contributed by atoms with van der Waals surface area (Å²) < 4.78 is 17.8. The number of esters is 1. The largest absolute Gasteiger partial charge is 0.468 e. The van der Waals surface area contributed by atoms with Gasteiger partial charge in [0.2, 0.25) is 5.91 Å². The minimum atomic E-state index is -0.461. The first-order valence-electron chi connectivity index (χ1n) is 5.72. The first kappa shape index (κ1) is 15.5. The lowest BCUT2D eigenvalue weighted by molar-refractivity contribution is -0.145. The first-order valence-corrected chi connectivity index (χ1v) is 6.71. The SMILES string of the molecule is COC(=O)CN(C)C(=O)CCSc1ccccc1F. The van der Waals surface area contributed by atoms with Gasteiger partial charge in [0, 0.05) is 24.1 Å². The molecule has 19 heavy (non-hydrogen) atoms. The molecule has 1 aromatic rings. The third-order valence-electron chi connectivity index (χ3n) is 2.43. The fraction of sp³-hybridized carbons (Fsp3) is 0.385. The number of likely N-dealkylation sites (N-methyl/N-ethyl adjacent to an activating group) is 1. The van der Waals surface area contributed by atoms with E-state index in [1.807, 2.05) is 0 Å². The van der Waals surface area contributed by atoms with Crippen molar-refractivity contribution in [1.82, 2.24) is 4.90 Å². The molecule has 1 amide bonds. The average Bonchev–Trinajstić information content (AvgIpc) is 2.40. The number of thioether (sulfide) groups is 1. The van der Waals surface area contributed by atoms with Crippen LogP contribution in [0.4, 0.5) is 4.39 Å². The molecule has 6 heteroatoms. The Kier molecular flexibility index (Phi) is 6.35. The molecule has 0 aliphatic rings. The predicted molar refractivity (Wildman–Crippen MR) is 71.4 cm³/mol. The van der Waals surface area contributed by atoms with Crippen LogP contribution in [0.5, 0.6) is 0 Å². The molecule has 4 nitrogen and oxygen atoms in total. The van der Waals surface area contributed by atoms with Crippen LogP contribution in [0, 0.1) is 5.82 Å². The highest BCUT2D eigenvalue weighted by Gasteiger charge is 2.13. The Hall–Kier alpha value is -1.56. The Morgan fingerprint density at radius 1 is 1.37 bits per heavy atom. The van der Waals surface area contributed by atoms with Gasteiger partial charge in [-0.15, -0.1) is 11.8 Å². The standard InChI is InChI=1S/C13H16FNO3S/c1-15(9-13(17)18-2)12(16)7-8-19-11-6-4-3-5-10(11)14/h3-6H,7-9H2,1-2H3. The number of amides is 1. The molecule has 0 saturated carbocycles. The summed E-state index contributed by atoms with van der Waals surface area (Å²) in [6.07, 6.45) is 0.243. The lowest BCUT2D eigenvalue weighted by atomic mass is 10.3. The molecule has 0 atom stereocenters. The Labute approximate surface area is 115 Å². The van der Waals surface area contributed by atoms with Gasteiger partial charge >= 0.3 is 5.97 Å². The van der Waals surface area contributed by atoms with Crippen LogP contribution in [-0.4, -0.2) is 43.2 Å². The van der Waals surface area contributed by atoms with Crippen LogP contribution in [0.2, 0.25) is 0 Å². The zero-order valence-corrected chi connectivity index (χ0v) is 11.7. The van der Waals surface area contributed by atoms with Gasteiger partial charge in [-0.2, -0.15) is 0 Å². The zero-order chi connectivity index (χ0) is 14.3. The van der Waals surface area contributed by atoms with E-state index in [0.29, 0.717) is 10.6 Å². The highest BCUT2D eigenvalue weighted by atomic mass is 32.2. The van der Waals surface area contributed by atoms with Crippen molar-refractivity contribution in [2.45, 2.75) is 11.3 Å². The Bertz CT molecular complexity index is 453. The quantitative estimate of drug-likeness (QED) is 0.592. The van der Waals surface area contributed by atoms with Crippen molar-refractivity contribution >= 4 is 23.6 Å². The minimum absolute atomic E-state index is 0.0697. The normalized spacial score (nSPS) is 10.1. The maximum atomic E-state index is 13.3. The zero-order valence-electron chi connectivity index (χ0n) is 10.9. The third kappa shape index (κ3) is 5.30. The number of hydrogen-bond acceptors (Lipinski definition) is 4. The Morgan fingerprint density at radius 2 is 2.05 bits per heavy atom. The first-order chi connectivity index (χ1) is 9.04. The summed E-state index contributed by atoms with van der Waals surface area (Å²) in [5.74, 6) is -0.458. The smallest absolute Gasteiger partial charge is 0.325 e. The Morgan fingerprint density at radius 3 is 2.68 bits per heavy atom. The topological polar surface area (TPSA) is 46.6 Å². The van der Waals surface area contributed by atoms with Gasteiger partial charge in [-0.25, -0.2) is 4.39 Å². The van der Waals surface area contributed by atoms with E-state index >= 15 is 0 Å². The number of benzene rings is 1. The van der Waals surface area contributed by atoms with Crippen LogP contribution in [0.3, 0.4) is 0 Å². The van der Waals surface area contributed by atoms with E-state index in [4.69, 9.17) is 0 Å². The van der Waals surface area contributed by atoms with Crippen LogP contribution in [0.15, 0.2) is 29.2 Å². The van der Waals surface area contributed by atoms with Crippen molar-refractivity contribution in [2.75, 3.05) is 26.5 Å². The van der Waals surface area contributed by atoms with Crippen molar-refractivity contribution in [3.63, 3.8) is 0 Å². The van der Waals surface area contributed by atoms with E-state index in [1.54, 1.807) is 18.2 Å². The molecule has 0 saturated heterocycles. The number of carbonyl (C=O) groups is 2. The van der Waals surface area contributed by atoms with E-state index in [2.05, 4.69) is 4.74 Å². The molecule has 0 radical (unpaired) electrons. The molecule has 0 bridgehead atoms. The fourth-order valence-electron chi connectivity index (χ4n) is 1.35. The second-order valence-corrected chi connectivity index (χ2v) is 4.99. The van der Waals surface area contributed by atoms with Crippen LogP contribution in [0.1, 0.15) is 6.42 Å². The summed E-state index contributed by atoms with van der Waals surface area (Å²) >= 11 is 1.28. The second-order valence-electron chi connectivity index (χ2n) is 3.85. The summed E-state index contributed by atoms with van der Waals surface area (Å²) in [6.45, 7) is -0.0697. The number of carbonyl (C=O) groups excluding carboxylic acids is 2. The van der Waals surface area contributed by atoms with Gasteiger partial charge in [0.05, 0.1) is 7.11 Å². The van der Waals surface area contributed by atoms with Gasteiger partial charge in [0.1, 0.15) is 12.4 Å². The van der Waals surface area contributed by atoms with Gasteiger partial charge in [0.25, 0.3) is 0 Å². The summed E-state index contributed by atoms with van der Waals surface area (Å²) in [4.78, 5) is 24.5. The van der Waals surface area contributed by atoms with Crippen molar-refractivity contribution in [3.05, 3.63) is 30.1 Å². The van der Waals surface area contributed by atoms with E-state index in [0.717, 1.165) is 0 Å². The average molecular weight is 285 g/mol. The van der Waals surface area contributed by atoms with E-state index < -0.39 is 5.97 Å². The molecule has 104 valence electrons.